The van der Waals surface area contributed by atoms with Crippen molar-refractivity contribution in [3.63, 3.8) is 0 Å². The Kier molecular flexibility index (Phi) is 3.35. The minimum atomic E-state index is -0.379. The van der Waals surface area contributed by atoms with Gasteiger partial charge in [-0.15, -0.1) is 0 Å². The van der Waals surface area contributed by atoms with Crippen LogP contribution in [-0.2, 0) is 14.4 Å². The van der Waals surface area contributed by atoms with Crippen molar-refractivity contribution in [2.75, 3.05) is 11.9 Å². The van der Waals surface area contributed by atoms with Gasteiger partial charge in [0, 0.05) is 10.7 Å². The van der Waals surface area contributed by atoms with Gasteiger partial charge in [-0.2, -0.15) is 0 Å². The fourth-order valence-electron chi connectivity index (χ4n) is 5.19. The summed E-state index contributed by atoms with van der Waals surface area (Å²) in [7, 11) is 0. The minimum Gasteiger partial charge on any atom is -0.324 e. The second kappa shape index (κ2) is 5.43. The molecule has 26 heavy (non-hydrogen) atoms. The van der Waals surface area contributed by atoms with E-state index in [2.05, 4.69) is 17.5 Å². The van der Waals surface area contributed by atoms with Crippen molar-refractivity contribution in [2.24, 2.45) is 35.5 Å². The number of carbonyl (C=O) groups is 3. The first-order chi connectivity index (χ1) is 12.5. The summed E-state index contributed by atoms with van der Waals surface area (Å²) in [4.78, 5) is 39.3. The molecule has 3 amide bonds. The van der Waals surface area contributed by atoms with Crippen molar-refractivity contribution in [1.29, 1.82) is 0 Å². The molecule has 1 heterocycles. The van der Waals surface area contributed by atoms with Gasteiger partial charge >= 0.3 is 0 Å². The van der Waals surface area contributed by atoms with Crippen LogP contribution < -0.4 is 5.32 Å². The summed E-state index contributed by atoms with van der Waals surface area (Å²) in [6.45, 7) is 1.65. The molecule has 134 valence electrons. The van der Waals surface area contributed by atoms with Gasteiger partial charge in [-0.3, -0.25) is 19.3 Å². The van der Waals surface area contributed by atoms with Crippen molar-refractivity contribution < 1.29 is 14.4 Å². The Hall–Kier alpha value is -2.14. The zero-order chi connectivity index (χ0) is 18.2. The van der Waals surface area contributed by atoms with E-state index in [9.17, 15) is 14.4 Å². The van der Waals surface area contributed by atoms with Crippen molar-refractivity contribution in [3.8, 4) is 0 Å². The summed E-state index contributed by atoms with van der Waals surface area (Å²) in [5.74, 6) is 0.217. The van der Waals surface area contributed by atoms with Crippen molar-refractivity contribution in [3.05, 3.63) is 40.9 Å². The molecule has 5 aliphatic rings. The van der Waals surface area contributed by atoms with Crippen LogP contribution in [0.5, 0.6) is 0 Å². The fraction of sp³-hybridized carbons (Fsp3) is 0.450. The van der Waals surface area contributed by atoms with Gasteiger partial charge in [-0.25, -0.2) is 0 Å². The number of aryl methyl sites for hydroxylation is 1. The normalized spacial score (nSPS) is 36.2. The molecule has 6 atom stereocenters. The summed E-state index contributed by atoms with van der Waals surface area (Å²) in [5.41, 5.74) is 1.48. The highest BCUT2D eigenvalue weighted by Gasteiger charge is 2.67. The number of nitrogens with zero attached hydrogens (tertiary/aromatic N) is 1. The first-order valence-electron chi connectivity index (χ1n) is 9.05. The number of anilines is 1. The Bertz CT molecular complexity index is 844. The maximum atomic E-state index is 12.9. The molecule has 0 unspecified atom stereocenters. The van der Waals surface area contributed by atoms with Crippen molar-refractivity contribution >= 4 is 35.0 Å². The third kappa shape index (κ3) is 2.19. The number of rotatable bonds is 3. The molecule has 1 N–H and O–H groups in total. The second-order valence-electron chi connectivity index (χ2n) is 7.93. The molecule has 0 spiro atoms. The molecule has 6 rings (SSSR count). The predicted molar refractivity (Wildman–Crippen MR) is 96.2 cm³/mol. The van der Waals surface area contributed by atoms with Gasteiger partial charge in [0.05, 0.1) is 11.8 Å². The van der Waals surface area contributed by atoms with E-state index in [1.807, 2.05) is 13.0 Å². The van der Waals surface area contributed by atoms with Crippen LogP contribution in [0.25, 0.3) is 0 Å². The first kappa shape index (κ1) is 16.1. The van der Waals surface area contributed by atoms with Gasteiger partial charge < -0.3 is 5.32 Å². The van der Waals surface area contributed by atoms with Gasteiger partial charge in [0.2, 0.25) is 17.7 Å². The SMILES string of the molecule is Cc1ccc(NC(=O)CN2C(=O)[C@H]3[C@@H]4C=C[C@@H]([C@H]5C[C@H]45)[C@@H]3C2=O)cc1Cl. The zero-order valence-electron chi connectivity index (χ0n) is 14.3. The van der Waals surface area contributed by atoms with Crippen LogP contribution >= 0.6 is 11.6 Å². The lowest BCUT2D eigenvalue weighted by Crippen LogP contribution is -2.40. The molecule has 1 aliphatic heterocycles. The highest BCUT2D eigenvalue weighted by atomic mass is 35.5. The average Bonchev–Trinajstić information content (AvgIpc) is 3.39. The number of allylic oxidation sites excluding steroid dienone is 2. The van der Waals surface area contributed by atoms with Crippen LogP contribution in [-0.4, -0.2) is 29.2 Å². The van der Waals surface area contributed by atoms with Crippen LogP contribution in [0.1, 0.15) is 12.0 Å². The third-order valence-corrected chi connectivity index (χ3v) is 6.92. The molecular weight excluding hydrogens is 352 g/mol. The summed E-state index contributed by atoms with van der Waals surface area (Å²) >= 11 is 6.08. The quantitative estimate of drug-likeness (QED) is 0.657. The number of carbonyl (C=O) groups excluding carboxylic acids is 3. The smallest absolute Gasteiger partial charge is 0.244 e. The maximum absolute atomic E-state index is 12.9. The number of likely N-dealkylation sites (tertiary alicyclic amines) is 1. The number of benzene rings is 1. The molecule has 1 aromatic rings. The lowest BCUT2D eigenvalue weighted by molar-refractivity contribution is -0.142. The van der Waals surface area contributed by atoms with E-state index in [0.717, 1.165) is 16.9 Å². The zero-order valence-corrected chi connectivity index (χ0v) is 15.1. The fourth-order valence-corrected chi connectivity index (χ4v) is 5.37. The summed E-state index contributed by atoms with van der Waals surface area (Å²) < 4.78 is 0. The van der Waals surface area contributed by atoms with Crippen molar-refractivity contribution in [1.82, 2.24) is 4.90 Å². The number of halogens is 1. The molecule has 6 heteroatoms. The number of hydrogen-bond donors (Lipinski definition) is 1. The molecular formula is C20H19ClN2O3. The highest BCUT2D eigenvalue weighted by molar-refractivity contribution is 6.31. The summed E-state index contributed by atoms with van der Waals surface area (Å²) in [6, 6.07) is 5.23. The topological polar surface area (TPSA) is 66.5 Å². The molecule has 4 aliphatic carbocycles. The largest absolute Gasteiger partial charge is 0.324 e. The Morgan fingerprint density at radius 1 is 1.15 bits per heavy atom. The Morgan fingerprint density at radius 2 is 1.77 bits per heavy atom. The number of amides is 3. The van der Waals surface area contributed by atoms with E-state index in [0.29, 0.717) is 22.5 Å². The molecule has 2 bridgehead atoms. The standard InChI is InChI=1S/C20H19ClN2O3/c1-9-2-3-10(6-15(9)21)22-16(24)8-23-19(25)17-11-4-5-12(14-7-13(11)14)18(17)20(23)26/h2-6,11-14,17-18H,7-8H2,1H3,(H,22,24)/t11-,12+,13-,14-,17+,18+/m1/s1. The van der Waals surface area contributed by atoms with E-state index in [4.69, 9.17) is 11.6 Å². The Balaban J connectivity index is 1.32. The molecule has 0 aromatic heterocycles. The van der Waals surface area contributed by atoms with Gasteiger partial charge in [0.1, 0.15) is 6.54 Å². The van der Waals surface area contributed by atoms with E-state index in [1.165, 1.54) is 0 Å². The maximum Gasteiger partial charge on any atom is 0.244 e. The van der Waals surface area contributed by atoms with Crippen LogP contribution in [0.4, 0.5) is 5.69 Å². The van der Waals surface area contributed by atoms with Crippen LogP contribution in [0.2, 0.25) is 5.02 Å². The predicted octanol–water partition coefficient (Wildman–Crippen LogP) is 2.64. The Morgan fingerprint density at radius 3 is 2.35 bits per heavy atom. The molecule has 5 nitrogen and oxygen atoms in total. The molecule has 3 fully saturated rings. The van der Waals surface area contributed by atoms with Crippen LogP contribution in [0, 0.1) is 42.4 Å². The third-order valence-electron chi connectivity index (χ3n) is 6.51. The number of imide groups is 1. The van der Waals surface area contributed by atoms with Gasteiger partial charge in [-0.1, -0.05) is 29.8 Å². The Labute approximate surface area is 156 Å². The average molecular weight is 371 g/mol. The van der Waals surface area contributed by atoms with Crippen LogP contribution in [0.15, 0.2) is 30.4 Å². The minimum absolute atomic E-state index is 0.176. The van der Waals surface area contributed by atoms with Gasteiger partial charge in [-0.05, 0) is 54.7 Å². The monoisotopic (exact) mass is 370 g/mol. The van der Waals surface area contributed by atoms with Crippen LogP contribution in [0.3, 0.4) is 0 Å². The lowest BCUT2D eigenvalue weighted by atomic mass is 9.63. The van der Waals surface area contributed by atoms with E-state index < -0.39 is 0 Å². The highest BCUT2D eigenvalue weighted by Crippen LogP contribution is 2.65. The molecule has 1 saturated heterocycles. The van der Waals surface area contributed by atoms with E-state index in [1.54, 1.807) is 12.1 Å². The van der Waals surface area contributed by atoms with Gasteiger partial charge in [0.25, 0.3) is 0 Å². The van der Waals surface area contributed by atoms with Gasteiger partial charge in [0.15, 0.2) is 0 Å². The van der Waals surface area contributed by atoms with E-state index >= 15 is 0 Å². The summed E-state index contributed by atoms with van der Waals surface area (Å²) in [5, 5.41) is 3.29. The molecule has 1 aromatic carbocycles. The lowest BCUT2D eigenvalue weighted by Gasteiger charge is -2.37. The second-order valence-corrected chi connectivity index (χ2v) is 8.34. The van der Waals surface area contributed by atoms with E-state index in [-0.39, 0.29) is 47.9 Å². The summed E-state index contributed by atoms with van der Waals surface area (Å²) in [6.07, 6.45) is 5.39. The molecule has 0 radical (unpaired) electrons. The van der Waals surface area contributed by atoms with Crippen molar-refractivity contribution in [2.45, 2.75) is 13.3 Å². The number of hydrogen-bond acceptors (Lipinski definition) is 3. The number of nitrogens with one attached hydrogen (secondary N) is 1. The molecule has 2 saturated carbocycles. The first-order valence-corrected chi connectivity index (χ1v) is 9.43.